The van der Waals surface area contributed by atoms with E-state index in [0.29, 0.717) is 6.61 Å². The number of hydrogen-bond acceptors (Lipinski definition) is 3. The molecule has 0 saturated heterocycles. The zero-order chi connectivity index (χ0) is 16.5. The van der Waals surface area contributed by atoms with E-state index < -0.39 is 0 Å². The van der Waals surface area contributed by atoms with Crippen LogP contribution in [0.15, 0.2) is 72.8 Å². The molecule has 23 heavy (non-hydrogen) atoms. The molecule has 3 heteroatoms. The average Bonchev–Trinajstić information content (AvgIpc) is 2.60. The average molecular weight is 308 g/mol. The van der Waals surface area contributed by atoms with Crippen LogP contribution < -0.4 is 4.74 Å². The van der Waals surface area contributed by atoms with Crippen molar-refractivity contribution < 1.29 is 14.3 Å². The lowest BCUT2D eigenvalue weighted by molar-refractivity contribution is -0.137. The van der Waals surface area contributed by atoms with Crippen molar-refractivity contribution in [3.63, 3.8) is 0 Å². The molecule has 0 fully saturated rings. The van der Waals surface area contributed by atoms with Gasteiger partial charge in [-0.15, -0.1) is 0 Å². The number of ether oxygens (including phenoxy) is 2. The number of rotatable bonds is 6. The highest BCUT2D eigenvalue weighted by Crippen LogP contribution is 2.26. The predicted molar refractivity (Wildman–Crippen MR) is 92.3 cm³/mol. The zero-order valence-electron chi connectivity index (χ0n) is 13.4. The molecule has 0 aliphatic rings. The first-order valence-corrected chi connectivity index (χ1v) is 7.49. The molecule has 3 nitrogen and oxygen atoms in total. The number of benzene rings is 2. The summed E-state index contributed by atoms with van der Waals surface area (Å²) in [5.74, 6) is 0.445. The number of methoxy groups -OCH3 is 1. The van der Waals surface area contributed by atoms with E-state index in [4.69, 9.17) is 9.47 Å². The van der Waals surface area contributed by atoms with Crippen LogP contribution in [0.1, 0.15) is 18.1 Å². The minimum Gasteiger partial charge on any atom is -0.497 e. The van der Waals surface area contributed by atoms with Gasteiger partial charge in [-0.3, -0.25) is 0 Å². The molecule has 0 heterocycles. The van der Waals surface area contributed by atoms with Crippen LogP contribution in [0.3, 0.4) is 0 Å². The second-order valence-electron chi connectivity index (χ2n) is 4.79. The zero-order valence-corrected chi connectivity index (χ0v) is 13.4. The smallest absolute Gasteiger partial charge is 0.330 e. The fourth-order valence-corrected chi connectivity index (χ4v) is 2.18. The summed E-state index contributed by atoms with van der Waals surface area (Å²) in [5, 5.41) is 0. The van der Waals surface area contributed by atoms with Crippen LogP contribution in [0.2, 0.25) is 0 Å². The summed E-state index contributed by atoms with van der Waals surface area (Å²) in [4.78, 5) is 11.4. The van der Waals surface area contributed by atoms with Gasteiger partial charge in [0.2, 0.25) is 0 Å². The summed E-state index contributed by atoms with van der Waals surface area (Å²) >= 11 is 0. The summed E-state index contributed by atoms with van der Waals surface area (Å²) in [5.41, 5.74) is 3.09. The van der Waals surface area contributed by atoms with Crippen LogP contribution in [0.5, 0.6) is 5.75 Å². The fourth-order valence-electron chi connectivity index (χ4n) is 2.18. The van der Waals surface area contributed by atoms with Gasteiger partial charge >= 0.3 is 5.97 Å². The molecular formula is C20H20O3. The van der Waals surface area contributed by atoms with Crippen LogP contribution in [0, 0.1) is 0 Å². The second kappa shape index (κ2) is 8.59. The van der Waals surface area contributed by atoms with E-state index in [9.17, 15) is 4.79 Å². The van der Waals surface area contributed by atoms with Crippen LogP contribution in [-0.4, -0.2) is 19.7 Å². The van der Waals surface area contributed by atoms with Gasteiger partial charge in [-0.25, -0.2) is 4.79 Å². The Morgan fingerprint density at radius 3 is 2.48 bits per heavy atom. The fraction of sp³-hybridized carbons (Fsp3) is 0.150. The highest BCUT2D eigenvalue weighted by Gasteiger charge is 2.05. The Morgan fingerprint density at radius 2 is 1.78 bits per heavy atom. The maximum absolute atomic E-state index is 11.4. The maximum Gasteiger partial charge on any atom is 0.330 e. The van der Waals surface area contributed by atoms with Crippen molar-refractivity contribution in [2.75, 3.05) is 13.7 Å². The number of hydrogen-bond donors (Lipinski definition) is 0. The third kappa shape index (κ3) is 4.85. The highest BCUT2D eigenvalue weighted by atomic mass is 16.5. The summed E-state index contributed by atoms with van der Waals surface area (Å²) in [7, 11) is 1.64. The first kappa shape index (κ1) is 16.6. The molecule has 0 bridgehead atoms. The van der Waals surface area contributed by atoms with Gasteiger partial charge in [-0.2, -0.15) is 0 Å². The van der Waals surface area contributed by atoms with Gasteiger partial charge in [0, 0.05) is 6.08 Å². The molecule has 0 unspecified atom stereocenters. The van der Waals surface area contributed by atoms with E-state index in [0.717, 1.165) is 22.4 Å². The van der Waals surface area contributed by atoms with Crippen molar-refractivity contribution in [2.24, 2.45) is 0 Å². The third-order valence-corrected chi connectivity index (χ3v) is 3.25. The molecule has 2 rings (SSSR count). The molecule has 2 aromatic rings. The molecule has 0 aliphatic heterocycles. The summed E-state index contributed by atoms with van der Waals surface area (Å²) in [6.45, 7) is 2.15. The summed E-state index contributed by atoms with van der Waals surface area (Å²) in [6.07, 6.45) is 5.04. The number of carbonyl (C=O) groups excluding carboxylic acids is 1. The number of esters is 1. The standard InChI is InChI=1S/C20H20O3/c1-3-23-20(21)14-8-13-19(16-9-5-4-6-10-16)17-11-7-12-18(15-17)22-2/h4-15H,3H2,1-2H3/b14-8+,19-13+. The van der Waals surface area contributed by atoms with E-state index in [1.165, 1.54) is 6.08 Å². The minimum absolute atomic E-state index is 0.346. The Kier molecular flexibility index (Phi) is 6.18. The van der Waals surface area contributed by atoms with Crippen molar-refractivity contribution in [3.05, 3.63) is 84.0 Å². The lowest BCUT2D eigenvalue weighted by Crippen LogP contribution is -1.98. The lowest BCUT2D eigenvalue weighted by Gasteiger charge is -2.09. The Morgan fingerprint density at radius 1 is 1.04 bits per heavy atom. The minimum atomic E-state index is -0.346. The van der Waals surface area contributed by atoms with Gasteiger partial charge in [-0.05, 0) is 35.8 Å². The number of carbonyl (C=O) groups is 1. The first-order chi connectivity index (χ1) is 11.2. The second-order valence-corrected chi connectivity index (χ2v) is 4.79. The van der Waals surface area contributed by atoms with Crippen molar-refractivity contribution >= 4 is 11.5 Å². The van der Waals surface area contributed by atoms with E-state index in [1.807, 2.05) is 60.7 Å². The molecule has 0 atom stereocenters. The monoisotopic (exact) mass is 308 g/mol. The maximum atomic E-state index is 11.4. The molecule has 0 aliphatic carbocycles. The van der Waals surface area contributed by atoms with Crippen LogP contribution in [-0.2, 0) is 9.53 Å². The van der Waals surface area contributed by atoms with Crippen molar-refractivity contribution in [2.45, 2.75) is 6.92 Å². The molecule has 118 valence electrons. The van der Waals surface area contributed by atoms with Crippen molar-refractivity contribution in [1.29, 1.82) is 0 Å². The van der Waals surface area contributed by atoms with E-state index in [1.54, 1.807) is 20.1 Å². The highest BCUT2D eigenvalue weighted by molar-refractivity contribution is 5.85. The lowest BCUT2D eigenvalue weighted by atomic mass is 9.97. The Hall–Kier alpha value is -2.81. The molecule has 2 aromatic carbocycles. The van der Waals surface area contributed by atoms with Crippen LogP contribution in [0.4, 0.5) is 0 Å². The summed E-state index contributed by atoms with van der Waals surface area (Å²) in [6, 6.07) is 17.8. The Labute approximate surface area is 136 Å². The molecular weight excluding hydrogens is 288 g/mol. The van der Waals surface area contributed by atoms with Gasteiger partial charge in [0.1, 0.15) is 5.75 Å². The Bertz CT molecular complexity index is 700. The summed E-state index contributed by atoms with van der Waals surface area (Å²) < 4.78 is 10.2. The molecule has 0 radical (unpaired) electrons. The topological polar surface area (TPSA) is 35.5 Å². The van der Waals surface area contributed by atoms with Gasteiger partial charge in [0.25, 0.3) is 0 Å². The van der Waals surface area contributed by atoms with Gasteiger partial charge in [0.15, 0.2) is 0 Å². The third-order valence-electron chi connectivity index (χ3n) is 3.25. The van der Waals surface area contributed by atoms with Crippen molar-refractivity contribution in [3.8, 4) is 5.75 Å². The quantitative estimate of drug-likeness (QED) is 0.455. The molecule has 0 saturated carbocycles. The molecule has 0 aromatic heterocycles. The predicted octanol–water partition coefficient (Wildman–Crippen LogP) is 4.25. The van der Waals surface area contributed by atoms with E-state index in [-0.39, 0.29) is 5.97 Å². The van der Waals surface area contributed by atoms with Gasteiger partial charge in [-0.1, -0.05) is 54.6 Å². The first-order valence-electron chi connectivity index (χ1n) is 7.49. The Balaban J connectivity index is 2.38. The normalized spacial score (nSPS) is 11.5. The van der Waals surface area contributed by atoms with Gasteiger partial charge < -0.3 is 9.47 Å². The molecule has 0 amide bonds. The van der Waals surface area contributed by atoms with Crippen LogP contribution in [0.25, 0.3) is 5.57 Å². The van der Waals surface area contributed by atoms with E-state index >= 15 is 0 Å². The molecule has 0 N–H and O–H groups in total. The largest absolute Gasteiger partial charge is 0.497 e. The molecule has 0 spiro atoms. The number of allylic oxidation sites excluding steroid dienone is 2. The van der Waals surface area contributed by atoms with Gasteiger partial charge in [0.05, 0.1) is 13.7 Å². The van der Waals surface area contributed by atoms with Crippen molar-refractivity contribution in [1.82, 2.24) is 0 Å². The van der Waals surface area contributed by atoms with E-state index in [2.05, 4.69) is 0 Å². The SMILES string of the molecule is CCOC(=O)/C=C/C=C(\c1ccccc1)c1cccc(OC)c1. The van der Waals surface area contributed by atoms with Crippen LogP contribution >= 0.6 is 0 Å².